The molecule has 0 unspecified atom stereocenters. The summed E-state index contributed by atoms with van der Waals surface area (Å²) >= 11 is 0. The van der Waals surface area contributed by atoms with Crippen LogP contribution in [0.15, 0.2) is 24.3 Å². The molecule has 1 heterocycles. The number of amides is 2. The zero-order valence-electron chi connectivity index (χ0n) is 12.6. The smallest absolute Gasteiger partial charge is 0.240 e. The van der Waals surface area contributed by atoms with Crippen molar-refractivity contribution in [3.63, 3.8) is 0 Å². The molecule has 5 nitrogen and oxygen atoms in total. The zero-order valence-corrected chi connectivity index (χ0v) is 12.6. The lowest BCUT2D eigenvalue weighted by Crippen LogP contribution is -2.35. The molecule has 0 aromatic heterocycles. The van der Waals surface area contributed by atoms with Crippen molar-refractivity contribution in [2.24, 2.45) is 11.1 Å². The SMILES string of the molecule is CCC1(CC)CC(=O)N(c2ccccc2OCCN)C1=O. The fraction of sp³-hybridized carbons (Fsp3) is 0.500. The van der Waals surface area contributed by atoms with Gasteiger partial charge in [-0.15, -0.1) is 0 Å². The van der Waals surface area contributed by atoms with E-state index in [1.54, 1.807) is 18.2 Å². The Balaban J connectivity index is 2.38. The highest BCUT2D eigenvalue weighted by Crippen LogP contribution is 2.43. The van der Waals surface area contributed by atoms with Crippen LogP contribution >= 0.6 is 0 Å². The number of rotatable bonds is 6. The molecule has 0 bridgehead atoms. The van der Waals surface area contributed by atoms with Crippen LogP contribution in [-0.2, 0) is 9.59 Å². The second-order valence-electron chi connectivity index (χ2n) is 5.30. The molecular weight excluding hydrogens is 268 g/mol. The van der Waals surface area contributed by atoms with E-state index in [9.17, 15) is 9.59 Å². The molecule has 21 heavy (non-hydrogen) atoms. The van der Waals surface area contributed by atoms with E-state index >= 15 is 0 Å². The van der Waals surface area contributed by atoms with Crippen LogP contribution in [0, 0.1) is 5.41 Å². The number of imide groups is 1. The van der Waals surface area contributed by atoms with Crippen molar-refractivity contribution in [2.45, 2.75) is 33.1 Å². The Bertz CT molecular complexity index is 538. The largest absolute Gasteiger partial charge is 0.490 e. The quantitative estimate of drug-likeness (QED) is 0.814. The fourth-order valence-electron chi connectivity index (χ4n) is 2.77. The average molecular weight is 290 g/mol. The maximum atomic E-state index is 12.8. The maximum Gasteiger partial charge on any atom is 0.240 e. The molecule has 0 saturated carbocycles. The molecule has 1 aliphatic rings. The van der Waals surface area contributed by atoms with Crippen LogP contribution in [0.25, 0.3) is 0 Å². The molecule has 0 radical (unpaired) electrons. The van der Waals surface area contributed by atoms with Gasteiger partial charge in [0.25, 0.3) is 0 Å². The van der Waals surface area contributed by atoms with E-state index in [4.69, 9.17) is 10.5 Å². The highest BCUT2D eigenvalue weighted by molar-refractivity contribution is 6.23. The molecule has 0 atom stereocenters. The monoisotopic (exact) mass is 290 g/mol. The Labute approximate surface area is 125 Å². The van der Waals surface area contributed by atoms with Crippen LogP contribution in [0.1, 0.15) is 33.1 Å². The van der Waals surface area contributed by atoms with Crippen molar-refractivity contribution in [3.8, 4) is 5.75 Å². The second kappa shape index (κ2) is 6.26. The predicted molar refractivity (Wildman–Crippen MR) is 81.1 cm³/mol. The van der Waals surface area contributed by atoms with Crippen molar-refractivity contribution < 1.29 is 14.3 Å². The summed E-state index contributed by atoms with van der Waals surface area (Å²) in [6.45, 7) is 4.63. The molecule has 1 saturated heterocycles. The van der Waals surface area contributed by atoms with Gasteiger partial charge in [0.05, 0.1) is 11.1 Å². The van der Waals surface area contributed by atoms with Crippen LogP contribution < -0.4 is 15.4 Å². The molecule has 1 aliphatic heterocycles. The van der Waals surface area contributed by atoms with Crippen LogP contribution in [0.5, 0.6) is 5.75 Å². The minimum atomic E-state index is -0.571. The second-order valence-corrected chi connectivity index (χ2v) is 5.30. The first-order valence-electron chi connectivity index (χ1n) is 7.39. The molecule has 0 aliphatic carbocycles. The fourth-order valence-corrected chi connectivity index (χ4v) is 2.77. The van der Waals surface area contributed by atoms with Crippen molar-refractivity contribution in [3.05, 3.63) is 24.3 Å². The molecule has 2 N–H and O–H groups in total. The summed E-state index contributed by atoms with van der Waals surface area (Å²) in [6.07, 6.45) is 1.59. The van der Waals surface area contributed by atoms with Crippen LogP contribution in [-0.4, -0.2) is 25.0 Å². The van der Waals surface area contributed by atoms with E-state index in [1.807, 2.05) is 19.9 Å². The number of para-hydroxylation sites is 2. The number of anilines is 1. The lowest BCUT2D eigenvalue weighted by atomic mass is 9.81. The van der Waals surface area contributed by atoms with E-state index < -0.39 is 5.41 Å². The zero-order chi connectivity index (χ0) is 15.5. The number of hydrogen-bond donors (Lipinski definition) is 1. The summed E-state index contributed by atoms with van der Waals surface area (Å²) in [4.78, 5) is 26.4. The summed E-state index contributed by atoms with van der Waals surface area (Å²) in [5.74, 6) is 0.237. The molecule has 2 amide bonds. The highest BCUT2D eigenvalue weighted by Gasteiger charge is 2.50. The Morgan fingerprint density at radius 1 is 1.24 bits per heavy atom. The number of carbonyl (C=O) groups excluding carboxylic acids is 2. The standard InChI is InChI=1S/C16H22N2O3/c1-3-16(4-2)11-14(19)18(15(16)20)12-7-5-6-8-13(12)21-10-9-17/h5-8H,3-4,9-11,17H2,1-2H3. The van der Waals surface area contributed by atoms with E-state index in [-0.39, 0.29) is 18.2 Å². The third-order valence-electron chi connectivity index (χ3n) is 4.23. The number of nitrogens with two attached hydrogens (primary N) is 1. The summed E-state index contributed by atoms with van der Waals surface area (Å²) in [6, 6.07) is 7.10. The minimum Gasteiger partial charge on any atom is -0.490 e. The number of ether oxygens (including phenoxy) is 1. The van der Waals surface area contributed by atoms with Gasteiger partial charge >= 0.3 is 0 Å². The predicted octanol–water partition coefficient (Wildman–Crippen LogP) is 2.09. The third-order valence-corrected chi connectivity index (χ3v) is 4.23. The molecule has 114 valence electrons. The van der Waals surface area contributed by atoms with Gasteiger partial charge in [-0.25, -0.2) is 4.90 Å². The van der Waals surface area contributed by atoms with Crippen molar-refractivity contribution in [1.29, 1.82) is 0 Å². The van der Waals surface area contributed by atoms with Gasteiger partial charge in [-0.3, -0.25) is 9.59 Å². The lowest BCUT2D eigenvalue weighted by Gasteiger charge is -2.24. The molecule has 1 fully saturated rings. The Hall–Kier alpha value is -1.88. The first-order chi connectivity index (χ1) is 10.1. The van der Waals surface area contributed by atoms with Gasteiger partial charge in [0.1, 0.15) is 12.4 Å². The molecule has 5 heteroatoms. The van der Waals surface area contributed by atoms with Crippen molar-refractivity contribution in [2.75, 3.05) is 18.1 Å². The third kappa shape index (κ3) is 2.65. The Morgan fingerprint density at radius 3 is 2.48 bits per heavy atom. The first kappa shape index (κ1) is 15.5. The van der Waals surface area contributed by atoms with Gasteiger partial charge in [0.15, 0.2) is 0 Å². The van der Waals surface area contributed by atoms with Crippen LogP contribution in [0.4, 0.5) is 5.69 Å². The summed E-state index contributed by atoms with van der Waals surface area (Å²) in [5.41, 5.74) is 5.40. The molecular formula is C16H22N2O3. The van der Waals surface area contributed by atoms with Crippen LogP contribution in [0.3, 0.4) is 0 Å². The topological polar surface area (TPSA) is 72.6 Å². The molecule has 0 spiro atoms. The van der Waals surface area contributed by atoms with Gasteiger partial charge < -0.3 is 10.5 Å². The maximum absolute atomic E-state index is 12.8. The van der Waals surface area contributed by atoms with Gasteiger partial charge in [-0.05, 0) is 25.0 Å². The van der Waals surface area contributed by atoms with E-state index in [0.717, 1.165) is 0 Å². The van der Waals surface area contributed by atoms with Crippen LogP contribution in [0.2, 0.25) is 0 Å². The summed E-state index contributed by atoms with van der Waals surface area (Å²) < 4.78 is 5.56. The summed E-state index contributed by atoms with van der Waals surface area (Å²) in [7, 11) is 0. The van der Waals surface area contributed by atoms with E-state index in [2.05, 4.69) is 0 Å². The van der Waals surface area contributed by atoms with Crippen molar-refractivity contribution in [1.82, 2.24) is 0 Å². The van der Waals surface area contributed by atoms with Crippen molar-refractivity contribution >= 4 is 17.5 Å². The highest BCUT2D eigenvalue weighted by atomic mass is 16.5. The van der Waals surface area contributed by atoms with E-state index in [1.165, 1.54) is 4.90 Å². The lowest BCUT2D eigenvalue weighted by molar-refractivity contribution is -0.126. The molecule has 1 aromatic carbocycles. The van der Waals surface area contributed by atoms with Gasteiger partial charge in [-0.2, -0.15) is 0 Å². The number of nitrogens with zero attached hydrogens (tertiary/aromatic N) is 1. The molecule has 2 rings (SSSR count). The Kier molecular flexibility index (Phi) is 4.63. The summed E-state index contributed by atoms with van der Waals surface area (Å²) in [5, 5.41) is 0. The van der Waals surface area contributed by atoms with Gasteiger partial charge in [0.2, 0.25) is 11.8 Å². The Morgan fingerprint density at radius 2 is 1.90 bits per heavy atom. The number of benzene rings is 1. The first-order valence-corrected chi connectivity index (χ1v) is 7.39. The van der Waals surface area contributed by atoms with Gasteiger partial charge in [-0.1, -0.05) is 26.0 Å². The van der Waals surface area contributed by atoms with E-state index in [0.29, 0.717) is 37.4 Å². The van der Waals surface area contributed by atoms with Gasteiger partial charge in [0, 0.05) is 13.0 Å². The number of carbonyl (C=O) groups is 2. The molecule has 1 aromatic rings. The number of hydrogen-bond acceptors (Lipinski definition) is 4. The normalized spacial score (nSPS) is 17.4. The minimum absolute atomic E-state index is 0.124. The average Bonchev–Trinajstić information content (AvgIpc) is 2.76.